The zero-order chi connectivity index (χ0) is 19.1. The molecule has 2 heterocycles. The fourth-order valence-electron chi connectivity index (χ4n) is 3.35. The molecule has 0 bridgehead atoms. The van der Waals surface area contributed by atoms with Crippen LogP contribution in [-0.4, -0.2) is 47.7 Å². The lowest BCUT2D eigenvalue weighted by molar-refractivity contribution is 0.0950. The van der Waals surface area contributed by atoms with Gasteiger partial charge in [0.2, 0.25) is 5.01 Å². The summed E-state index contributed by atoms with van der Waals surface area (Å²) in [6, 6.07) is 8.15. The van der Waals surface area contributed by atoms with Crippen molar-refractivity contribution >= 4 is 29.7 Å². The van der Waals surface area contributed by atoms with Crippen LogP contribution < -0.4 is 10.6 Å². The maximum atomic E-state index is 12.3. The van der Waals surface area contributed by atoms with Gasteiger partial charge in [0, 0.05) is 6.54 Å². The molecule has 28 heavy (non-hydrogen) atoms. The summed E-state index contributed by atoms with van der Waals surface area (Å²) in [5.41, 5.74) is 2.30. The van der Waals surface area contributed by atoms with Crippen molar-refractivity contribution in [2.24, 2.45) is 5.92 Å². The first-order chi connectivity index (χ1) is 13.1. The van der Waals surface area contributed by atoms with Gasteiger partial charge in [-0.05, 0) is 64.3 Å². The van der Waals surface area contributed by atoms with E-state index in [1.54, 1.807) is 0 Å². The number of nitrogens with one attached hydrogen (secondary N) is 2. The lowest BCUT2D eigenvalue weighted by atomic mass is 9.93. The van der Waals surface area contributed by atoms with E-state index < -0.39 is 0 Å². The molecule has 1 aliphatic rings. The minimum atomic E-state index is -0.148. The third kappa shape index (κ3) is 6.81. The zero-order valence-corrected chi connectivity index (χ0v) is 18.2. The molecular weight excluding hydrogens is 394 g/mol. The lowest BCUT2D eigenvalue weighted by Crippen LogP contribution is -2.34. The average molecular weight is 424 g/mol. The minimum Gasteiger partial charge on any atom is -0.346 e. The number of piperidine rings is 1. The summed E-state index contributed by atoms with van der Waals surface area (Å²) >= 11 is 1.40. The maximum Gasteiger partial charge on any atom is 0.282 e. The molecule has 2 aromatic rings. The van der Waals surface area contributed by atoms with Crippen molar-refractivity contribution in [2.45, 2.75) is 39.3 Å². The van der Waals surface area contributed by atoms with Crippen LogP contribution in [0.5, 0.6) is 0 Å². The van der Waals surface area contributed by atoms with Crippen molar-refractivity contribution in [1.82, 2.24) is 25.7 Å². The van der Waals surface area contributed by atoms with Gasteiger partial charge >= 0.3 is 0 Å². The molecule has 154 valence electrons. The highest BCUT2D eigenvalue weighted by atomic mass is 35.5. The second-order valence-electron chi connectivity index (χ2n) is 7.28. The van der Waals surface area contributed by atoms with Gasteiger partial charge in [-0.25, -0.2) is 0 Å². The SMILES string of the molecule is CNCCC1CCN(Cc2nnc(C(=O)NCc3ccc(C)cc3)s2)CC1.Cl. The number of nitrogens with zero attached hydrogens (tertiary/aromatic N) is 3. The van der Waals surface area contributed by atoms with Crippen LogP contribution in [0.3, 0.4) is 0 Å². The Kier molecular flexibility index (Phi) is 9.31. The van der Waals surface area contributed by atoms with E-state index in [-0.39, 0.29) is 18.3 Å². The van der Waals surface area contributed by atoms with Crippen molar-refractivity contribution in [1.29, 1.82) is 0 Å². The van der Waals surface area contributed by atoms with Crippen molar-refractivity contribution in [3.05, 3.63) is 45.4 Å². The van der Waals surface area contributed by atoms with Crippen molar-refractivity contribution in [3.8, 4) is 0 Å². The molecule has 1 aromatic heterocycles. The molecule has 0 atom stereocenters. The van der Waals surface area contributed by atoms with Crippen LogP contribution in [0.4, 0.5) is 0 Å². The van der Waals surface area contributed by atoms with E-state index in [0.717, 1.165) is 42.7 Å². The number of benzene rings is 1. The van der Waals surface area contributed by atoms with Gasteiger partial charge in [-0.2, -0.15) is 0 Å². The first-order valence-electron chi connectivity index (χ1n) is 9.67. The molecule has 0 radical (unpaired) electrons. The van der Waals surface area contributed by atoms with E-state index in [0.29, 0.717) is 11.6 Å². The van der Waals surface area contributed by atoms with Crippen LogP contribution in [0.1, 0.15) is 45.2 Å². The van der Waals surface area contributed by atoms with Crippen molar-refractivity contribution < 1.29 is 4.79 Å². The fourth-order valence-corrected chi connectivity index (χ4v) is 4.14. The molecule has 1 aliphatic heterocycles. The molecule has 2 N–H and O–H groups in total. The van der Waals surface area contributed by atoms with E-state index in [2.05, 4.69) is 32.7 Å². The Hall–Kier alpha value is -1.54. The highest BCUT2D eigenvalue weighted by Gasteiger charge is 2.21. The summed E-state index contributed by atoms with van der Waals surface area (Å²) in [5, 5.41) is 15.8. The normalized spacial score (nSPS) is 15.2. The predicted octanol–water partition coefficient (Wildman–Crippen LogP) is 3.02. The molecule has 6 nitrogen and oxygen atoms in total. The Balaban J connectivity index is 0.00000280. The fraction of sp³-hybridized carbons (Fsp3) is 0.550. The molecule has 0 spiro atoms. The van der Waals surface area contributed by atoms with E-state index in [4.69, 9.17) is 0 Å². The summed E-state index contributed by atoms with van der Waals surface area (Å²) < 4.78 is 0. The van der Waals surface area contributed by atoms with Gasteiger partial charge < -0.3 is 10.6 Å². The first-order valence-corrected chi connectivity index (χ1v) is 10.5. The molecule has 3 rings (SSSR count). The summed E-state index contributed by atoms with van der Waals surface area (Å²) in [6.45, 7) is 6.65. The zero-order valence-electron chi connectivity index (χ0n) is 16.6. The standard InChI is InChI=1S/C20H29N5OS.ClH/c1-15-3-5-17(6-4-15)13-22-19(26)20-24-23-18(27-20)14-25-11-8-16(9-12-25)7-10-21-2;/h3-6,16,21H,7-14H2,1-2H3,(H,22,26);1H. The highest BCUT2D eigenvalue weighted by Crippen LogP contribution is 2.22. The number of rotatable bonds is 8. The van der Waals surface area contributed by atoms with E-state index in [1.807, 2.05) is 31.3 Å². The molecule has 0 saturated carbocycles. The van der Waals surface area contributed by atoms with Crippen LogP contribution in [0.2, 0.25) is 0 Å². The van der Waals surface area contributed by atoms with Crippen LogP contribution in [0, 0.1) is 12.8 Å². The van der Waals surface area contributed by atoms with Crippen LogP contribution in [-0.2, 0) is 13.1 Å². The van der Waals surface area contributed by atoms with Crippen molar-refractivity contribution in [2.75, 3.05) is 26.7 Å². The smallest absolute Gasteiger partial charge is 0.282 e. The Labute approximate surface area is 177 Å². The number of carbonyl (C=O) groups excluding carboxylic acids is 1. The number of aromatic nitrogens is 2. The minimum absolute atomic E-state index is 0. The van der Waals surface area contributed by atoms with Gasteiger partial charge in [-0.3, -0.25) is 9.69 Å². The topological polar surface area (TPSA) is 70.1 Å². The van der Waals surface area contributed by atoms with Gasteiger partial charge in [0.1, 0.15) is 5.01 Å². The molecule has 1 fully saturated rings. The molecule has 1 aromatic carbocycles. The van der Waals surface area contributed by atoms with Crippen LogP contribution in [0.25, 0.3) is 0 Å². The largest absolute Gasteiger partial charge is 0.346 e. The Morgan fingerprint density at radius 3 is 2.61 bits per heavy atom. The predicted molar refractivity (Wildman–Crippen MR) is 116 cm³/mol. The van der Waals surface area contributed by atoms with Gasteiger partial charge in [0.15, 0.2) is 0 Å². The number of carbonyl (C=O) groups is 1. The van der Waals surface area contributed by atoms with Crippen LogP contribution in [0.15, 0.2) is 24.3 Å². The maximum absolute atomic E-state index is 12.3. The van der Waals surface area contributed by atoms with Gasteiger partial charge in [-0.15, -0.1) is 22.6 Å². The number of likely N-dealkylation sites (tertiary alicyclic amines) is 1. The summed E-state index contributed by atoms with van der Waals surface area (Å²) in [6.07, 6.45) is 3.74. The van der Waals surface area contributed by atoms with Crippen molar-refractivity contribution in [3.63, 3.8) is 0 Å². The number of amides is 1. The number of aryl methyl sites for hydroxylation is 1. The second-order valence-corrected chi connectivity index (χ2v) is 8.34. The van der Waals surface area contributed by atoms with E-state index in [1.165, 1.54) is 36.2 Å². The van der Waals surface area contributed by atoms with E-state index >= 15 is 0 Å². The van der Waals surface area contributed by atoms with Gasteiger partial charge in [0.05, 0.1) is 6.54 Å². The molecule has 1 amide bonds. The highest BCUT2D eigenvalue weighted by molar-refractivity contribution is 7.13. The lowest BCUT2D eigenvalue weighted by Gasteiger charge is -2.31. The Morgan fingerprint density at radius 1 is 1.21 bits per heavy atom. The monoisotopic (exact) mass is 423 g/mol. The quantitative estimate of drug-likeness (QED) is 0.682. The number of hydrogen-bond acceptors (Lipinski definition) is 6. The third-order valence-electron chi connectivity index (χ3n) is 5.10. The summed E-state index contributed by atoms with van der Waals surface area (Å²) in [4.78, 5) is 14.7. The summed E-state index contributed by atoms with van der Waals surface area (Å²) in [7, 11) is 2.01. The van der Waals surface area contributed by atoms with Gasteiger partial charge in [0.25, 0.3) is 5.91 Å². The molecule has 1 saturated heterocycles. The number of hydrogen-bond donors (Lipinski definition) is 2. The molecular formula is C20H30ClN5OS. The summed E-state index contributed by atoms with van der Waals surface area (Å²) in [5.74, 6) is 0.677. The first kappa shape index (κ1) is 22.7. The Bertz CT molecular complexity index is 728. The van der Waals surface area contributed by atoms with Crippen LogP contribution >= 0.6 is 23.7 Å². The Morgan fingerprint density at radius 2 is 1.93 bits per heavy atom. The van der Waals surface area contributed by atoms with E-state index in [9.17, 15) is 4.79 Å². The second kappa shape index (κ2) is 11.5. The third-order valence-corrected chi connectivity index (χ3v) is 6.01. The number of halogens is 1. The molecule has 0 unspecified atom stereocenters. The van der Waals surface area contributed by atoms with Gasteiger partial charge in [-0.1, -0.05) is 41.2 Å². The molecule has 8 heteroatoms. The average Bonchev–Trinajstić information content (AvgIpc) is 3.15. The molecule has 0 aliphatic carbocycles.